The van der Waals surface area contributed by atoms with Crippen LogP contribution in [0.25, 0.3) is 11.7 Å². The standard InChI is InChI=1S/C13H18N2O2/c1-9-5-6-16-11(9)12-15-10(8-17-12)7-14-13(2,3)4/h5-6,8,14H,7H2,1-4H3. The van der Waals surface area contributed by atoms with Crippen molar-refractivity contribution >= 4 is 0 Å². The van der Waals surface area contributed by atoms with Gasteiger partial charge in [-0.25, -0.2) is 4.98 Å². The van der Waals surface area contributed by atoms with E-state index in [0.29, 0.717) is 18.2 Å². The smallest absolute Gasteiger partial charge is 0.263 e. The van der Waals surface area contributed by atoms with Crippen LogP contribution in [0.5, 0.6) is 0 Å². The molecule has 2 aromatic heterocycles. The molecule has 4 heteroatoms. The summed E-state index contributed by atoms with van der Waals surface area (Å²) in [6.45, 7) is 9.00. The van der Waals surface area contributed by atoms with E-state index < -0.39 is 0 Å². The SMILES string of the molecule is Cc1ccoc1-c1nc(CNC(C)(C)C)co1. The van der Waals surface area contributed by atoms with E-state index in [-0.39, 0.29) is 5.54 Å². The lowest BCUT2D eigenvalue weighted by Gasteiger charge is -2.19. The number of aryl methyl sites for hydroxylation is 1. The Balaban J connectivity index is 2.09. The molecule has 2 rings (SSSR count). The highest BCUT2D eigenvalue weighted by Crippen LogP contribution is 2.23. The van der Waals surface area contributed by atoms with Gasteiger partial charge in [0, 0.05) is 17.6 Å². The minimum atomic E-state index is 0.0692. The lowest BCUT2D eigenvalue weighted by atomic mass is 10.1. The summed E-state index contributed by atoms with van der Waals surface area (Å²) in [6.07, 6.45) is 3.30. The number of oxazole rings is 1. The van der Waals surface area contributed by atoms with E-state index in [1.165, 1.54) is 0 Å². The van der Waals surface area contributed by atoms with Crippen molar-refractivity contribution in [1.82, 2.24) is 10.3 Å². The molecule has 0 amide bonds. The summed E-state index contributed by atoms with van der Waals surface area (Å²) in [5, 5.41) is 3.36. The topological polar surface area (TPSA) is 51.2 Å². The Morgan fingerprint density at radius 3 is 2.65 bits per heavy atom. The average Bonchev–Trinajstić information content (AvgIpc) is 2.81. The van der Waals surface area contributed by atoms with E-state index in [1.807, 2.05) is 13.0 Å². The van der Waals surface area contributed by atoms with Crippen molar-refractivity contribution in [2.24, 2.45) is 0 Å². The van der Waals surface area contributed by atoms with Gasteiger partial charge in [0.05, 0.1) is 12.0 Å². The molecule has 0 radical (unpaired) electrons. The fourth-order valence-corrected chi connectivity index (χ4v) is 1.44. The van der Waals surface area contributed by atoms with E-state index in [0.717, 1.165) is 11.3 Å². The molecule has 17 heavy (non-hydrogen) atoms. The molecule has 0 saturated heterocycles. The van der Waals surface area contributed by atoms with Crippen LogP contribution in [0.15, 0.2) is 27.4 Å². The van der Waals surface area contributed by atoms with Crippen LogP contribution in [-0.4, -0.2) is 10.5 Å². The quantitative estimate of drug-likeness (QED) is 0.886. The highest BCUT2D eigenvalue weighted by atomic mass is 16.4. The van der Waals surface area contributed by atoms with Gasteiger partial charge in [0.15, 0.2) is 5.76 Å². The van der Waals surface area contributed by atoms with Gasteiger partial charge in [-0.15, -0.1) is 0 Å². The summed E-state index contributed by atoms with van der Waals surface area (Å²) in [4.78, 5) is 4.39. The van der Waals surface area contributed by atoms with Crippen LogP contribution in [0, 0.1) is 6.92 Å². The third-order valence-corrected chi connectivity index (χ3v) is 2.41. The van der Waals surface area contributed by atoms with Crippen molar-refractivity contribution in [3.63, 3.8) is 0 Å². The van der Waals surface area contributed by atoms with Gasteiger partial charge in [0.2, 0.25) is 0 Å². The van der Waals surface area contributed by atoms with E-state index in [1.54, 1.807) is 12.5 Å². The van der Waals surface area contributed by atoms with Gasteiger partial charge < -0.3 is 14.2 Å². The highest BCUT2D eigenvalue weighted by Gasteiger charge is 2.14. The summed E-state index contributed by atoms with van der Waals surface area (Å²) in [6, 6.07) is 1.90. The normalized spacial score (nSPS) is 12.0. The zero-order chi connectivity index (χ0) is 12.5. The molecule has 0 spiro atoms. The third kappa shape index (κ3) is 2.97. The molecule has 0 aliphatic heterocycles. The number of aromatic nitrogens is 1. The molecule has 0 aliphatic carbocycles. The van der Waals surface area contributed by atoms with Crippen LogP contribution in [0.3, 0.4) is 0 Å². The molecule has 0 aliphatic rings. The zero-order valence-electron chi connectivity index (χ0n) is 10.7. The van der Waals surface area contributed by atoms with Gasteiger partial charge in [-0.05, 0) is 33.8 Å². The maximum atomic E-state index is 5.41. The predicted molar refractivity (Wildman–Crippen MR) is 65.5 cm³/mol. The molecular weight excluding hydrogens is 216 g/mol. The van der Waals surface area contributed by atoms with Crippen molar-refractivity contribution in [2.45, 2.75) is 39.8 Å². The van der Waals surface area contributed by atoms with Crippen molar-refractivity contribution in [3.8, 4) is 11.7 Å². The van der Waals surface area contributed by atoms with E-state index in [9.17, 15) is 0 Å². The second-order valence-electron chi connectivity index (χ2n) is 5.18. The van der Waals surface area contributed by atoms with Gasteiger partial charge in [0.25, 0.3) is 5.89 Å². The minimum Gasteiger partial charge on any atom is -0.459 e. The lowest BCUT2D eigenvalue weighted by Crippen LogP contribution is -2.35. The molecule has 0 fully saturated rings. The molecule has 0 bridgehead atoms. The number of nitrogens with zero attached hydrogens (tertiary/aromatic N) is 1. The van der Waals surface area contributed by atoms with Crippen LogP contribution in [-0.2, 0) is 6.54 Å². The van der Waals surface area contributed by atoms with Crippen molar-refractivity contribution in [1.29, 1.82) is 0 Å². The molecule has 0 unspecified atom stereocenters. The van der Waals surface area contributed by atoms with E-state index >= 15 is 0 Å². The maximum Gasteiger partial charge on any atom is 0.263 e. The monoisotopic (exact) mass is 234 g/mol. The molecule has 4 nitrogen and oxygen atoms in total. The maximum absolute atomic E-state index is 5.41. The first-order valence-corrected chi connectivity index (χ1v) is 5.69. The first-order valence-electron chi connectivity index (χ1n) is 5.69. The fraction of sp³-hybridized carbons (Fsp3) is 0.462. The minimum absolute atomic E-state index is 0.0692. The summed E-state index contributed by atoms with van der Waals surface area (Å²) in [5.41, 5.74) is 1.98. The third-order valence-electron chi connectivity index (χ3n) is 2.41. The van der Waals surface area contributed by atoms with Crippen molar-refractivity contribution < 1.29 is 8.83 Å². The van der Waals surface area contributed by atoms with Gasteiger partial charge in [-0.3, -0.25) is 0 Å². The van der Waals surface area contributed by atoms with Gasteiger partial charge in [-0.1, -0.05) is 0 Å². The summed E-state index contributed by atoms with van der Waals surface area (Å²) >= 11 is 0. The summed E-state index contributed by atoms with van der Waals surface area (Å²) in [5.74, 6) is 1.24. The number of rotatable bonds is 3. The van der Waals surface area contributed by atoms with E-state index in [4.69, 9.17) is 8.83 Å². The fourth-order valence-electron chi connectivity index (χ4n) is 1.44. The van der Waals surface area contributed by atoms with Crippen LogP contribution < -0.4 is 5.32 Å². The predicted octanol–water partition coefficient (Wildman–Crippen LogP) is 3.13. The Labute approximate surface area is 101 Å². The van der Waals surface area contributed by atoms with Crippen molar-refractivity contribution in [2.75, 3.05) is 0 Å². The molecule has 92 valence electrons. The molecule has 1 N–H and O–H groups in total. The molecular formula is C13H18N2O2. The molecule has 2 heterocycles. The van der Waals surface area contributed by atoms with Crippen molar-refractivity contribution in [3.05, 3.63) is 29.9 Å². The molecule has 0 aromatic carbocycles. The zero-order valence-corrected chi connectivity index (χ0v) is 10.7. The average molecular weight is 234 g/mol. The summed E-state index contributed by atoms with van der Waals surface area (Å²) in [7, 11) is 0. The Bertz CT molecular complexity index is 491. The van der Waals surface area contributed by atoms with Crippen LogP contribution in [0.4, 0.5) is 0 Å². The molecule has 2 aromatic rings. The Morgan fingerprint density at radius 2 is 2.06 bits per heavy atom. The number of hydrogen-bond acceptors (Lipinski definition) is 4. The first kappa shape index (κ1) is 11.9. The Morgan fingerprint density at radius 1 is 1.29 bits per heavy atom. The largest absolute Gasteiger partial charge is 0.459 e. The Hall–Kier alpha value is -1.55. The number of hydrogen-bond donors (Lipinski definition) is 1. The second kappa shape index (κ2) is 4.37. The lowest BCUT2D eigenvalue weighted by molar-refractivity contribution is 0.421. The van der Waals surface area contributed by atoms with Gasteiger partial charge >= 0.3 is 0 Å². The van der Waals surface area contributed by atoms with Crippen LogP contribution in [0.2, 0.25) is 0 Å². The van der Waals surface area contributed by atoms with E-state index in [2.05, 4.69) is 31.1 Å². The second-order valence-corrected chi connectivity index (χ2v) is 5.18. The Kier molecular flexibility index (Phi) is 3.07. The van der Waals surface area contributed by atoms with Crippen LogP contribution >= 0.6 is 0 Å². The molecule has 0 saturated carbocycles. The van der Waals surface area contributed by atoms with Crippen LogP contribution in [0.1, 0.15) is 32.0 Å². The first-order chi connectivity index (χ1) is 7.96. The van der Waals surface area contributed by atoms with Gasteiger partial charge in [-0.2, -0.15) is 0 Å². The highest BCUT2D eigenvalue weighted by molar-refractivity contribution is 5.50. The van der Waals surface area contributed by atoms with Gasteiger partial charge in [0.1, 0.15) is 6.26 Å². The number of nitrogens with one attached hydrogen (secondary N) is 1. The number of furan rings is 1. The summed E-state index contributed by atoms with van der Waals surface area (Å²) < 4.78 is 10.7. The molecule has 0 atom stereocenters.